The molecular weight excluding hydrogens is 274 g/mol. The molecule has 0 unspecified atom stereocenters. The van der Waals surface area contributed by atoms with Gasteiger partial charge in [-0.3, -0.25) is 9.78 Å². The monoisotopic (exact) mass is 297 g/mol. The van der Waals surface area contributed by atoms with Crippen LogP contribution in [0.15, 0.2) is 30.5 Å². The number of unbranched alkanes of at least 4 members (excludes halogenated alkanes) is 1. The van der Waals surface area contributed by atoms with E-state index in [1.54, 1.807) is 0 Å². The summed E-state index contributed by atoms with van der Waals surface area (Å²) in [6.45, 7) is 4.96. The number of benzene rings is 1. The van der Waals surface area contributed by atoms with E-state index in [4.69, 9.17) is 0 Å². The Labute approximate surface area is 131 Å². The quantitative estimate of drug-likeness (QED) is 0.861. The molecule has 1 aromatic heterocycles. The Morgan fingerprint density at radius 1 is 1.32 bits per heavy atom. The van der Waals surface area contributed by atoms with Crippen LogP contribution in [0.2, 0.25) is 0 Å². The van der Waals surface area contributed by atoms with E-state index in [9.17, 15) is 4.79 Å². The molecule has 4 heteroatoms. The van der Waals surface area contributed by atoms with Gasteiger partial charge in [-0.25, -0.2) is 0 Å². The maximum atomic E-state index is 12.4. The average Bonchev–Trinajstić information content (AvgIpc) is 3.08. The van der Waals surface area contributed by atoms with Crippen LogP contribution in [0.3, 0.4) is 0 Å². The fourth-order valence-corrected chi connectivity index (χ4v) is 2.98. The number of pyridine rings is 1. The van der Waals surface area contributed by atoms with Crippen molar-refractivity contribution in [1.82, 2.24) is 10.3 Å². The average molecular weight is 297 g/mol. The van der Waals surface area contributed by atoms with Crippen LogP contribution < -0.4 is 10.2 Å². The SMILES string of the molecule is CCCCNC(=O)c1cc(N2CCCC2)c2ncccc2c1. The number of aromatic nitrogens is 1. The normalized spacial score (nSPS) is 14.5. The summed E-state index contributed by atoms with van der Waals surface area (Å²) in [7, 11) is 0. The van der Waals surface area contributed by atoms with E-state index >= 15 is 0 Å². The second-order valence-electron chi connectivity index (χ2n) is 5.87. The van der Waals surface area contributed by atoms with Gasteiger partial charge >= 0.3 is 0 Å². The highest BCUT2D eigenvalue weighted by atomic mass is 16.1. The zero-order chi connectivity index (χ0) is 15.4. The molecule has 0 aliphatic carbocycles. The van der Waals surface area contributed by atoms with Crippen LogP contribution in [0.25, 0.3) is 10.9 Å². The highest BCUT2D eigenvalue weighted by Gasteiger charge is 2.18. The first kappa shape index (κ1) is 14.8. The fourth-order valence-electron chi connectivity index (χ4n) is 2.98. The molecule has 1 aromatic carbocycles. The van der Waals surface area contributed by atoms with Crippen molar-refractivity contribution in [3.8, 4) is 0 Å². The molecular formula is C18H23N3O. The van der Waals surface area contributed by atoms with Crippen molar-refractivity contribution in [2.75, 3.05) is 24.5 Å². The van der Waals surface area contributed by atoms with Crippen LogP contribution in [0.4, 0.5) is 5.69 Å². The Morgan fingerprint density at radius 3 is 2.91 bits per heavy atom. The maximum absolute atomic E-state index is 12.4. The van der Waals surface area contributed by atoms with Gasteiger partial charge in [0.1, 0.15) is 0 Å². The predicted molar refractivity (Wildman–Crippen MR) is 90.4 cm³/mol. The molecule has 0 spiro atoms. The van der Waals surface area contributed by atoms with Crippen molar-refractivity contribution in [2.24, 2.45) is 0 Å². The molecule has 1 amide bonds. The number of nitrogens with zero attached hydrogens (tertiary/aromatic N) is 2. The smallest absolute Gasteiger partial charge is 0.251 e. The van der Waals surface area contributed by atoms with Crippen molar-refractivity contribution < 1.29 is 4.79 Å². The van der Waals surface area contributed by atoms with Gasteiger partial charge in [0.2, 0.25) is 0 Å². The summed E-state index contributed by atoms with van der Waals surface area (Å²) in [5, 5.41) is 4.04. The first-order valence-electron chi connectivity index (χ1n) is 8.21. The maximum Gasteiger partial charge on any atom is 0.251 e. The van der Waals surface area contributed by atoms with Crippen molar-refractivity contribution in [1.29, 1.82) is 0 Å². The molecule has 1 N–H and O–H groups in total. The topological polar surface area (TPSA) is 45.2 Å². The third kappa shape index (κ3) is 3.06. The van der Waals surface area contributed by atoms with Gasteiger partial charge in [-0.1, -0.05) is 19.4 Å². The Bertz CT molecular complexity index is 662. The Kier molecular flexibility index (Phi) is 4.56. The van der Waals surface area contributed by atoms with Gasteiger partial charge in [0, 0.05) is 36.8 Å². The second-order valence-corrected chi connectivity index (χ2v) is 5.87. The number of anilines is 1. The van der Waals surface area contributed by atoms with E-state index in [0.717, 1.165) is 54.6 Å². The molecule has 0 atom stereocenters. The Morgan fingerprint density at radius 2 is 2.14 bits per heavy atom. The van der Waals surface area contributed by atoms with Gasteiger partial charge in [0.25, 0.3) is 5.91 Å². The van der Waals surface area contributed by atoms with E-state index in [1.807, 2.05) is 30.5 Å². The number of nitrogens with one attached hydrogen (secondary N) is 1. The highest BCUT2D eigenvalue weighted by Crippen LogP contribution is 2.29. The Hall–Kier alpha value is -2.10. The summed E-state index contributed by atoms with van der Waals surface area (Å²) in [6, 6.07) is 7.91. The van der Waals surface area contributed by atoms with Crippen LogP contribution in [0.5, 0.6) is 0 Å². The number of fused-ring (bicyclic) bond motifs is 1. The highest BCUT2D eigenvalue weighted by molar-refractivity contribution is 6.02. The zero-order valence-electron chi connectivity index (χ0n) is 13.1. The minimum atomic E-state index is 0.0136. The number of carbonyl (C=O) groups is 1. The number of amides is 1. The first-order chi connectivity index (χ1) is 10.8. The van der Waals surface area contributed by atoms with Gasteiger partial charge < -0.3 is 10.2 Å². The number of carbonyl (C=O) groups excluding carboxylic acids is 1. The molecule has 116 valence electrons. The number of rotatable bonds is 5. The lowest BCUT2D eigenvalue weighted by Gasteiger charge is -2.20. The summed E-state index contributed by atoms with van der Waals surface area (Å²) in [5.41, 5.74) is 2.82. The van der Waals surface area contributed by atoms with E-state index < -0.39 is 0 Å². The van der Waals surface area contributed by atoms with Gasteiger partial charge in [0.05, 0.1) is 11.2 Å². The van der Waals surface area contributed by atoms with Gasteiger partial charge in [-0.2, -0.15) is 0 Å². The molecule has 0 saturated carbocycles. The van der Waals surface area contributed by atoms with E-state index in [2.05, 4.69) is 22.1 Å². The van der Waals surface area contributed by atoms with Gasteiger partial charge in [-0.15, -0.1) is 0 Å². The molecule has 2 aromatic rings. The van der Waals surface area contributed by atoms with Crippen LogP contribution in [0.1, 0.15) is 43.0 Å². The third-order valence-electron chi connectivity index (χ3n) is 4.21. The van der Waals surface area contributed by atoms with E-state index in [-0.39, 0.29) is 5.91 Å². The van der Waals surface area contributed by atoms with Crippen molar-refractivity contribution in [2.45, 2.75) is 32.6 Å². The summed E-state index contributed by atoms with van der Waals surface area (Å²) in [6.07, 6.45) is 6.34. The summed E-state index contributed by atoms with van der Waals surface area (Å²) in [4.78, 5) is 19.3. The van der Waals surface area contributed by atoms with E-state index in [1.165, 1.54) is 12.8 Å². The summed E-state index contributed by atoms with van der Waals surface area (Å²) >= 11 is 0. The fraction of sp³-hybridized carbons (Fsp3) is 0.444. The largest absolute Gasteiger partial charge is 0.370 e. The van der Waals surface area contributed by atoms with Gasteiger partial charge in [0.15, 0.2) is 0 Å². The standard InChI is InChI=1S/C18H23N3O/c1-2-3-8-20-18(22)15-12-14-7-6-9-19-17(14)16(13-15)21-10-4-5-11-21/h6-7,9,12-13H,2-5,8,10-11H2,1H3,(H,20,22). The molecule has 22 heavy (non-hydrogen) atoms. The molecule has 1 aliphatic rings. The zero-order valence-corrected chi connectivity index (χ0v) is 13.1. The van der Waals surface area contributed by atoms with Crippen molar-refractivity contribution >= 4 is 22.5 Å². The summed E-state index contributed by atoms with van der Waals surface area (Å²) in [5.74, 6) is 0.0136. The third-order valence-corrected chi connectivity index (χ3v) is 4.21. The van der Waals surface area contributed by atoms with Crippen LogP contribution in [-0.2, 0) is 0 Å². The number of hydrogen-bond acceptors (Lipinski definition) is 3. The van der Waals surface area contributed by atoms with Crippen LogP contribution in [0, 0.1) is 0 Å². The van der Waals surface area contributed by atoms with Gasteiger partial charge in [-0.05, 0) is 37.5 Å². The molecule has 0 bridgehead atoms. The molecule has 1 saturated heterocycles. The Balaban J connectivity index is 1.95. The van der Waals surface area contributed by atoms with Crippen molar-refractivity contribution in [3.63, 3.8) is 0 Å². The molecule has 4 nitrogen and oxygen atoms in total. The molecule has 3 rings (SSSR count). The second kappa shape index (κ2) is 6.77. The predicted octanol–water partition coefficient (Wildman–Crippen LogP) is 3.36. The van der Waals surface area contributed by atoms with Crippen LogP contribution in [-0.4, -0.2) is 30.5 Å². The van der Waals surface area contributed by atoms with E-state index in [0.29, 0.717) is 0 Å². The first-order valence-corrected chi connectivity index (χ1v) is 8.21. The van der Waals surface area contributed by atoms with Crippen LogP contribution >= 0.6 is 0 Å². The lowest BCUT2D eigenvalue weighted by atomic mass is 10.1. The van der Waals surface area contributed by atoms with Crippen molar-refractivity contribution in [3.05, 3.63) is 36.0 Å². The molecule has 0 radical (unpaired) electrons. The molecule has 1 fully saturated rings. The molecule has 2 heterocycles. The number of hydrogen-bond donors (Lipinski definition) is 1. The minimum absolute atomic E-state index is 0.0136. The molecule has 1 aliphatic heterocycles. The summed E-state index contributed by atoms with van der Waals surface area (Å²) < 4.78 is 0. The lowest BCUT2D eigenvalue weighted by Crippen LogP contribution is -2.25. The lowest BCUT2D eigenvalue weighted by molar-refractivity contribution is 0.0953. The minimum Gasteiger partial charge on any atom is -0.370 e.